The van der Waals surface area contributed by atoms with Gasteiger partial charge in [-0.25, -0.2) is 22.8 Å². The van der Waals surface area contributed by atoms with Crippen LogP contribution in [0.5, 0.6) is 0 Å². The second kappa shape index (κ2) is 11.3. The van der Waals surface area contributed by atoms with Crippen LogP contribution < -0.4 is 15.8 Å². The van der Waals surface area contributed by atoms with E-state index in [0.717, 1.165) is 15.8 Å². The fourth-order valence-corrected chi connectivity index (χ4v) is 6.46. The zero-order chi connectivity index (χ0) is 28.3. The van der Waals surface area contributed by atoms with Gasteiger partial charge in [0.1, 0.15) is 16.5 Å². The third-order valence-corrected chi connectivity index (χ3v) is 8.71. The lowest BCUT2D eigenvalue weighted by Crippen LogP contribution is -2.30. The van der Waals surface area contributed by atoms with Gasteiger partial charge in [0.25, 0.3) is 5.91 Å². The van der Waals surface area contributed by atoms with Gasteiger partial charge in [0, 0.05) is 11.3 Å². The molecule has 0 aliphatic heterocycles. The maximum atomic E-state index is 13.6. The van der Waals surface area contributed by atoms with Gasteiger partial charge in [0.2, 0.25) is 10.0 Å². The Morgan fingerprint density at radius 3 is 2.65 bits per heavy atom. The van der Waals surface area contributed by atoms with Crippen molar-refractivity contribution >= 4 is 49.0 Å². The monoisotopic (exact) mass is 575 g/mol. The molecule has 0 aliphatic rings. The summed E-state index contributed by atoms with van der Waals surface area (Å²) in [6, 6.07) is 19.9. The highest BCUT2D eigenvalue weighted by Gasteiger charge is 2.26. The van der Waals surface area contributed by atoms with Crippen molar-refractivity contribution in [2.45, 2.75) is 30.7 Å². The number of hydrogen-bond acceptors (Lipinski definition) is 9. The van der Waals surface area contributed by atoms with Crippen LogP contribution in [0.2, 0.25) is 0 Å². The van der Waals surface area contributed by atoms with Crippen LogP contribution in [0, 0.1) is 5.41 Å². The van der Waals surface area contributed by atoms with Crippen molar-refractivity contribution in [2.75, 3.05) is 5.32 Å². The number of para-hydroxylation sites is 1. The lowest BCUT2D eigenvalue weighted by Gasteiger charge is -2.18. The Morgan fingerprint density at radius 1 is 1.07 bits per heavy atom. The van der Waals surface area contributed by atoms with Gasteiger partial charge in [0.15, 0.2) is 5.69 Å². The van der Waals surface area contributed by atoms with Crippen molar-refractivity contribution in [3.8, 4) is 0 Å². The minimum Gasteiger partial charge on any atom is -0.384 e. The summed E-state index contributed by atoms with van der Waals surface area (Å²) in [5.41, 5.74) is 8.47. The zero-order valence-electron chi connectivity index (χ0n) is 21.3. The van der Waals surface area contributed by atoms with Crippen LogP contribution in [-0.4, -0.2) is 35.5 Å². The Balaban J connectivity index is 1.44. The van der Waals surface area contributed by atoms with Crippen molar-refractivity contribution in [1.82, 2.24) is 20.0 Å². The normalized spacial score (nSPS) is 12.3. The number of sulfonamides is 1. The summed E-state index contributed by atoms with van der Waals surface area (Å²) in [5, 5.41) is 18.4. The number of benzene rings is 3. The average Bonchev–Trinajstić information content (AvgIpc) is 3.60. The molecule has 204 valence electrons. The number of anilines is 1. The van der Waals surface area contributed by atoms with E-state index in [1.165, 1.54) is 29.5 Å². The van der Waals surface area contributed by atoms with Gasteiger partial charge in [-0.05, 0) is 60.0 Å². The summed E-state index contributed by atoms with van der Waals surface area (Å²) >= 11 is 1.40. The number of nitrogens with one attached hydrogen (secondary N) is 3. The lowest BCUT2D eigenvalue weighted by molar-refractivity contribution is 0.101. The summed E-state index contributed by atoms with van der Waals surface area (Å²) in [6.45, 7) is 1.81. The number of amidine groups is 1. The largest absolute Gasteiger partial charge is 0.384 e. The molecule has 1 atom stereocenters. The highest BCUT2D eigenvalue weighted by atomic mass is 32.2. The molecule has 5 aromatic rings. The fraction of sp³-hybridized carbons (Fsp3) is 0.148. The Hall–Kier alpha value is -4.46. The maximum Gasteiger partial charge on any atom is 0.279 e. The van der Waals surface area contributed by atoms with Gasteiger partial charge in [-0.15, -0.1) is 11.3 Å². The summed E-state index contributed by atoms with van der Waals surface area (Å²) < 4.78 is 35.6. The maximum absolute atomic E-state index is 13.6. The van der Waals surface area contributed by atoms with Crippen molar-refractivity contribution in [3.63, 3.8) is 0 Å². The summed E-state index contributed by atoms with van der Waals surface area (Å²) in [4.78, 5) is 17.3. The SMILES string of the molecule is CCc1nonc1C(=O)Nc1cccc(S(=O)(=O)NC(Cc2cccc(C(=N)N)c2)c2nc3ccccc3s2)c1. The van der Waals surface area contributed by atoms with E-state index in [-0.39, 0.29) is 28.5 Å². The zero-order valence-corrected chi connectivity index (χ0v) is 22.9. The Bertz CT molecular complexity index is 1780. The van der Waals surface area contributed by atoms with E-state index in [0.29, 0.717) is 22.7 Å². The van der Waals surface area contributed by atoms with Crippen LogP contribution in [0.1, 0.15) is 45.3 Å². The molecule has 1 amide bonds. The molecule has 40 heavy (non-hydrogen) atoms. The van der Waals surface area contributed by atoms with Gasteiger partial charge in [-0.3, -0.25) is 10.2 Å². The number of carbonyl (C=O) groups is 1. The number of nitrogen functional groups attached to an aromatic ring is 1. The minimum absolute atomic E-state index is 0.0390. The number of nitrogens with zero attached hydrogens (tertiary/aromatic N) is 3. The summed E-state index contributed by atoms with van der Waals surface area (Å²) in [6.07, 6.45) is 0.725. The number of carbonyl (C=O) groups excluding carboxylic acids is 1. The number of hydrogen-bond donors (Lipinski definition) is 4. The first-order valence-electron chi connectivity index (χ1n) is 12.3. The van der Waals surface area contributed by atoms with Crippen LogP contribution in [0.25, 0.3) is 10.2 Å². The molecular formula is C27H25N7O4S2. The molecule has 0 radical (unpaired) electrons. The van der Waals surface area contributed by atoms with Crippen LogP contribution in [0.15, 0.2) is 82.3 Å². The first kappa shape index (κ1) is 27.1. The Labute approximate surface area is 234 Å². The van der Waals surface area contributed by atoms with E-state index in [4.69, 9.17) is 16.1 Å². The molecule has 5 rings (SSSR count). The van der Waals surface area contributed by atoms with Crippen molar-refractivity contribution < 1.29 is 17.8 Å². The van der Waals surface area contributed by atoms with Gasteiger partial charge in [0.05, 0.1) is 21.2 Å². The van der Waals surface area contributed by atoms with Crippen LogP contribution in [-0.2, 0) is 22.9 Å². The smallest absolute Gasteiger partial charge is 0.279 e. The third kappa shape index (κ3) is 5.91. The van der Waals surface area contributed by atoms with E-state index in [1.54, 1.807) is 24.3 Å². The predicted molar refractivity (Wildman–Crippen MR) is 152 cm³/mol. The number of fused-ring (bicyclic) bond motifs is 1. The molecule has 0 saturated carbocycles. The molecule has 0 fully saturated rings. The predicted octanol–water partition coefficient (Wildman–Crippen LogP) is 4.04. The number of aromatic nitrogens is 3. The second-order valence-corrected chi connectivity index (χ2v) is 11.7. The van der Waals surface area contributed by atoms with E-state index in [9.17, 15) is 13.2 Å². The molecule has 5 N–H and O–H groups in total. The molecule has 1 unspecified atom stereocenters. The number of amides is 1. The number of nitrogens with two attached hydrogens (primary N) is 1. The van der Waals surface area contributed by atoms with E-state index in [1.807, 2.05) is 37.3 Å². The molecule has 13 heteroatoms. The number of rotatable bonds is 10. The molecule has 2 aromatic heterocycles. The van der Waals surface area contributed by atoms with E-state index >= 15 is 0 Å². The van der Waals surface area contributed by atoms with Crippen molar-refractivity contribution in [2.24, 2.45) is 5.73 Å². The Kier molecular flexibility index (Phi) is 7.69. The highest BCUT2D eigenvalue weighted by Crippen LogP contribution is 2.30. The van der Waals surface area contributed by atoms with Gasteiger partial charge in [-0.1, -0.05) is 48.5 Å². The van der Waals surface area contributed by atoms with Crippen molar-refractivity contribution in [3.05, 3.63) is 100 Å². The van der Waals surface area contributed by atoms with E-state index < -0.39 is 22.0 Å². The molecule has 0 saturated heterocycles. The molecule has 0 bridgehead atoms. The molecule has 11 nitrogen and oxygen atoms in total. The van der Waals surface area contributed by atoms with Crippen LogP contribution in [0.4, 0.5) is 5.69 Å². The highest BCUT2D eigenvalue weighted by molar-refractivity contribution is 7.89. The van der Waals surface area contributed by atoms with Gasteiger partial charge < -0.3 is 11.1 Å². The average molecular weight is 576 g/mol. The van der Waals surface area contributed by atoms with Gasteiger partial charge >= 0.3 is 0 Å². The van der Waals surface area contributed by atoms with Crippen molar-refractivity contribution in [1.29, 1.82) is 5.41 Å². The third-order valence-electron chi connectivity index (χ3n) is 6.09. The number of thiazole rings is 1. The summed E-state index contributed by atoms with van der Waals surface area (Å²) in [7, 11) is -4.06. The fourth-order valence-electron chi connectivity index (χ4n) is 4.12. The first-order valence-corrected chi connectivity index (χ1v) is 14.6. The lowest BCUT2D eigenvalue weighted by atomic mass is 10.0. The molecule has 0 spiro atoms. The first-order chi connectivity index (χ1) is 19.2. The topological polar surface area (TPSA) is 177 Å². The molecule has 0 aliphatic carbocycles. The Morgan fingerprint density at radius 2 is 1.88 bits per heavy atom. The molecular weight excluding hydrogens is 550 g/mol. The van der Waals surface area contributed by atoms with Crippen LogP contribution >= 0.6 is 11.3 Å². The molecule has 2 heterocycles. The van der Waals surface area contributed by atoms with Crippen LogP contribution in [0.3, 0.4) is 0 Å². The standard InChI is InChI=1S/C27H25N7O4S2/c1-2-20-24(33-38-32-20)26(35)30-18-9-6-10-19(15-18)40(36,37)34-22(14-16-7-5-8-17(13-16)25(28)29)27-31-21-11-3-4-12-23(21)39-27/h3-13,15,22,34H,2,14H2,1H3,(H3,28,29)(H,30,35). The van der Waals surface area contributed by atoms with E-state index in [2.05, 4.69) is 25.0 Å². The summed E-state index contributed by atoms with van der Waals surface area (Å²) in [5.74, 6) is -0.636. The number of aryl methyl sites for hydroxylation is 1. The quantitative estimate of drug-likeness (QED) is 0.142. The second-order valence-electron chi connectivity index (χ2n) is 8.91. The van der Waals surface area contributed by atoms with Gasteiger partial charge in [-0.2, -0.15) is 0 Å². The minimum atomic E-state index is -4.06. The molecule has 3 aromatic carbocycles.